The van der Waals surface area contributed by atoms with E-state index in [1.54, 1.807) is 30.3 Å². The first-order valence-corrected chi connectivity index (χ1v) is 6.82. The molecule has 0 spiro atoms. The lowest BCUT2D eigenvalue weighted by molar-refractivity contribution is 0.386. The van der Waals surface area contributed by atoms with Gasteiger partial charge >= 0.3 is 0 Å². The van der Waals surface area contributed by atoms with Crippen molar-refractivity contribution in [3.63, 3.8) is 0 Å². The predicted molar refractivity (Wildman–Crippen MR) is 81.5 cm³/mol. The van der Waals surface area contributed by atoms with Crippen molar-refractivity contribution in [3.05, 3.63) is 57.8 Å². The molecular formula is C15H14Cl2FNO. The summed E-state index contributed by atoms with van der Waals surface area (Å²) in [7, 11) is 1.43. The van der Waals surface area contributed by atoms with Gasteiger partial charge in [-0.05, 0) is 42.8 Å². The molecule has 0 aliphatic heterocycles. The SMILES string of the molecule is COc1ccc(NC(C)c2cc(Cl)ccc2Cl)cc1F. The number of nitrogens with one attached hydrogen (secondary N) is 1. The smallest absolute Gasteiger partial charge is 0.167 e. The van der Waals surface area contributed by atoms with Crippen LogP contribution in [-0.2, 0) is 0 Å². The van der Waals surface area contributed by atoms with E-state index in [9.17, 15) is 4.39 Å². The highest BCUT2D eigenvalue weighted by Crippen LogP contribution is 2.29. The molecule has 0 fully saturated rings. The topological polar surface area (TPSA) is 21.3 Å². The molecule has 0 aliphatic carbocycles. The second-order valence-corrected chi connectivity index (χ2v) is 5.22. The molecule has 0 saturated carbocycles. The number of anilines is 1. The van der Waals surface area contributed by atoms with Crippen molar-refractivity contribution in [3.8, 4) is 5.75 Å². The van der Waals surface area contributed by atoms with Crippen molar-refractivity contribution in [2.24, 2.45) is 0 Å². The Bertz CT molecular complexity index is 619. The van der Waals surface area contributed by atoms with Crippen LogP contribution in [0.3, 0.4) is 0 Å². The van der Waals surface area contributed by atoms with E-state index in [-0.39, 0.29) is 11.8 Å². The average Bonchev–Trinajstić information content (AvgIpc) is 2.41. The van der Waals surface area contributed by atoms with Gasteiger partial charge < -0.3 is 10.1 Å². The summed E-state index contributed by atoms with van der Waals surface area (Å²) in [5, 5.41) is 4.40. The van der Waals surface area contributed by atoms with Crippen LogP contribution in [0.5, 0.6) is 5.75 Å². The third kappa shape index (κ3) is 3.35. The highest BCUT2D eigenvalue weighted by molar-refractivity contribution is 6.33. The summed E-state index contributed by atoms with van der Waals surface area (Å²) in [6.45, 7) is 1.93. The quantitative estimate of drug-likeness (QED) is 0.825. The molecule has 5 heteroatoms. The first kappa shape index (κ1) is 14.9. The molecule has 2 nitrogen and oxygen atoms in total. The summed E-state index contributed by atoms with van der Waals surface area (Å²) in [6, 6.07) is 9.86. The summed E-state index contributed by atoms with van der Waals surface area (Å²) >= 11 is 12.1. The zero-order valence-corrected chi connectivity index (χ0v) is 12.6. The average molecular weight is 314 g/mol. The van der Waals surface area contributed by atoms with Crippen LogP contribution in [0.4, 0.5) is 10.1 Å². The monoisotopic (exact) mass is 313 g/mol. The van der Waals surface area contributed by atoms with Gasteiger partial charge in [-0.3, -0.25) is 0 Å². The molecule has 1 atom stereocenters. The van der Waals surface area contributed by atoms with E-state index in [1.165, 1.54) is 13.2 Å². The Kier molecular flexibility index (Phi) is 4.73. The molecule has 0 aliphatic rings. The fourth-order valence-electron chi connectivity index (χ4n) is 1.93. The molecule has 1 N–H and O–H groups in total. The van der Waals surface area contributed by atoms with Gasteiger partial charge in [-0.25, -0.2) is 4.39 Å². The maximum Gasteiger partial charge on any atom is 0.167 e. The van der Waals surface area contributed by atoms with Crippen LogP contribution in [0.25, 0.3) is 0 Å². The van der Waals surface area contributed by atoms with Gasteiger partial charge in [-0.1, -0.05) is 23.2 Å². The Labute approximate surface area is 127 Å². The van der Waals surface area contributed by atoms with Gasteiger partial charge in [0.2, 0.25) is 0 Å². The zero-order chi connectivity index (χ0) is 14.7. The Morgan fingerprint density at radius 3 is 2.55 bits per heavy atom. The summed E-state index contributed by atoms with van der Waals surface area (Å²) in [6.07, 6.45) is 0. The van der Waals surface area contributed by atoms with Gasteiger partial charge in [0.15, 0.2) is 11.6 Å². The highest BCUT2D eigenvalue weighted by atomic mass is 35.5. The van der Waals surface area contributed by atoms with Crippen LogP contribution >= 0.6 is 23.2 Å². The minimum atomic E-state index is -0.415. The Morgan fingerprint density at radius 1 is 1.15 bits per heavy atom. The van der Waals surface area contributed by atoms with E-state index >= 15 is 0 Å². The number of rotatable bonds is 4. The summed E-state index contributed by atoms with van der Waals surface area (Å²) in [4.78, 5) is 0. The van der Waals surface area contributed by atoms with Gasteiger partial charge in [-0.15, -0.1) is 0 Å². The van der Waals surface area contributed by atoms with Gasteiger partial charge in [0.1, 0.15) is 0 Å². The highest BCUT2D eigenvalue weighted by Gasteiger charge is 2.11. The van der Waals surface area contributed by atoms with Gasteiger partial charge in [0.05, 0.1) is 13.2 Å². The summed E-state index contributed by atoms with van der Waals surface area (Å²) in [5.74, 6) is -0.203. The van der Waals surface area contributed by atoms with Crippen LogP contribution in [0.1, 0.15) is 18.5 Å². The molecule has 0 saturated heterocycles. The largest absolute Gasteiger partial charge is 0.494 e. The minimum absolute atomic E-state index is 0.103. The second kappa shape index (κ2) is 6.33. The van der Waals surface area contributed by atoms with E-state index in [0.29, 0.717) is 15.7 Å². The first-order chi connectivity index (χ1) is 9.51. The van der Waals surface area contributed by atoms with Gasteiger partial charge in [0.25, 0.3) is 0 Å². The fraction of sp³-hybridized carbons (Fsp3) is 0.200. The fourth-order valence-corrected chi connectivity index (χ4v) is 2.39. The molecule has 106 valence electrons. The van der Waals surface area contributed by atoms with Crippen molar-refractivity contribution in [2.45, 2.75) is 13.0 Å². The molecule has 0 bridgehead atoms. The predicted octanol–water partition coefficient (Wildman–Crippen LogP) is 5.31. The molecule has 2 aromatic rings. The van der Waals surface area contributed by atoms with Crippen LogP contribution in [0.15, 0.2) is 36.4 Å². The standard InChI is InChI=1S/C15H14Cl2FNO/c1-9(12-7-10(16)3-5-13(12)17)19-11-4-6-15(20-2)14(18)8-11/h3-9,19H,1-2H3. The maximum atomic E-state index is 13.6. The lowest BCUT2D eigenvalue weighted by Crippen LogP contribution is -2.07. The zero-order valence-electron chi connectivity index (χ0n) is 11.1. The molecule has 0 radical (unpaired) electrons. The van der Waals surface area contributed by atoms with Crippen molar-refractivity contribution in [1.29, 1.82) is 0 Å². The second-order valence-electron chi connectivity index (χ2n) is 4.38. The van der Waals surface area contributed by atoms with E-state index < -0.39 is 5.82 Å². The summed E-state index contributed by atoms with van der Waals surface area (Å²) in [5.41, 5.74) is 1.50. The number of methoxy groups -OCH3 is 1. The molecular weight excluding hydrogens is 300 g/mol. The van der Waals surface area contributed by atoms with Gasteiger partial charge in [-0.2, -0.15) is 0 Å². The van der Waals surface area contributed by atoms with Crippen LogP contribution in [0, 0.1) is 5.82 Å². The summed E-state index contributed by atoms with van der Waals surface area (Å²) < 4.78 is 18.5. The maximum absolute atomic E-state index is 13.6. The van der Waals surface area contributed by atoms with Crippen molar-refractivity contribution < 1.29 is 9.13 Å². The lowest BCUT2D eigenvalue weighted by atomic mass is 10.1. The van der Waals surface area contributed by atoms with E-state index in [1.807, 2.05) is 6.92 Å². The van der Waals surface area contributed by atoms with Crippen molar-refractivity contribution in [1.82, 2.24) is 0 Å². The number of benzene rings is 2. The van der Waals surface area contributed by atoms with Crippen molar-refractivity contribution >= 4 is 28.9 Å². The van der Waals surface area contributed by atoms with Crippen molar-refractivity contribution in [2.75, 3.05) is 12.4 Å². The Morgan fingerprint density at radius 2 is 1.90 bits per heavy atom. The third-order valence-corrected chi connectivity index (χ3v) is 3.54. The molecule has 0 heterocycles. The van der Waals surface area contributed by atoms with Crippen LogP contribution in [0.2, 0.25) is 10.0 Å². The third-order valence-electron chi connectivity index (χ3n) is 2.96. The normalized spacial score (nSPS) is 12.1. The first-order valence-electron chi connectivity index (χ1n) is 6.06. The van der Waals surface area contributed by atoms with E-state index in [0.717, 1.165) is 5.56 Å². The molecule has 2 rings (SSSR count). The van der Waals surface area contributed by atoms with Crippen LogP contribution in [-0.4, -0.2) is 7.11 Å². The van der Waals surface area contributed by atoms with Crippen LogP contribution < -0.4 is 10.1 Å². The van der Waals surface area contributed by atoms with Gasteiger partial charge in [0, 0.05) is 21.8 Å². The molecule has 1 unspecified atom stereocenters. The number of hydrogen-bond acceptors (Lipinski definition) is 2. The molecule has 0 amide bonds. The van der Waals surface area contributed by atoms with E-state index in [2.05, 4.69) is 5.32 Å². The van der Waals surface area contributed by atoms with E-state index in [4.69, 9.17) is 27.9 Å². The number of ether oxygens (including phenoxy) is 1. The lowest BCUT2D eigenvalue weighted by Gasteiger charge is -2.17. The number of hydrogen-bond donors (Lipinski definition) is 1. The Balaban J connectivity index is 2.21. The molecule has 2 aromatic carbocycles. The minimum Gasteiger partial charge on any atom is -0.494 e. The Hall–Kier alpha value is -1.45. The molecule has 0 aromatic heterocycles. The molecule has 20 heavy (non-hydrogen) atoms. The number of halogens is 3.